The molecule has 0 atom stereocenters. The number of fused-ring (bicyclic) bond motifs is 2. The lowest BCUT2D eigenvalue weighted by molar-refractivity contribution is -0.140. The third-order valence-corrected chi connectivity index (χ3v) is 4.98. The summed E-state index contributed by atoms with van der Waals surface area (Å²) in [5.41, 5.74) is -4.15. The van der Waals surface area contributed by atoms with Gasteiger partial charge in [-0.2, -0.15) is 13.2 Å². The van der Waals surface area contributed by atoms with E-state index < -0.39 is 64.2 Å². The highest BCUT2D eigenvalue weighted by Gasteiger charge is 2.61. The van der Waals surface area contributed by atoms with Crippen molar-refractivity contribution >= 4 is 23.7 Å². The molecule has 1 aromatic carbocycles. The number of carbonyl (C=O) groups is 3. The summed E-state index contributed by atoms with van der Waals surface area (Å²) < 4.78 is 66.7. The molecule has 2 heterocycles. The molecule has 2 aromatic rings. The Morgan fingerprint density at radius 2 is 1.77 bits per heavy atom. The van der Waals surface area contributed by atoms with Gasteiger partial charge in [-0.15, -0.1) is 0 Å². The fourth-order valence-corrected chi connectivity index (χ4v) is 3.46. The normalized spacial score (nSPS) is 17.2. The summed E-state index contributed by atoms with van der Waals surface area (Å²) in [6.45, 7) is -0.789. The van der Waals surface area contributed by atoms with E-state index >= 15 is 0 Å². The summed E-state index contributed by atoms with van der Waals surface area (Å²) in [5.74, 6) is -5.61. The number of benzene rings is 1. The Hall–Kier alpha value is -3.44. The van der Waals surface area contributed by atoms with E-state index in [0.717, 1.165) is 18.5 Å². The number of nitrogens with zero attached hydrogens (tertiary/aromatic N) is 3. The number of amides is 3. The van der Waals surface area contributed by atoms with Crippen LogP contribution in [0.15, 0.2) is 24.5 Å². The maximum absolute atomic E-state index is 14.7. The maximum Gasteiger partial charge on any atom is 0.419 e. The van der Waals surface area contributed by atoms with Crippen LogP contribution in [0.3, 0.4) is 0 Å². The van der Waals surface area contributed by atoms with Crippen molar-refractivity contribution in [3.05, 3.63) is 52.9 Å². The van der Waals surface area contributed by atoms with Gasteiger partial charge in [0.1, 0.15) is 12.4 Å². The number of halogens is 5. The van der Waals surface area contributed by atoms with Gasteiger partial charge in [0.2, 0.25) is 17.8 Å². The predicted octanol–water partition coefficient (Wildman–Crippen LogP) is 2.43. The van der Waals surface area contributed by atoms with Crippen molar-refractivity contribution < 1.29 is 36.3 Å². The van der Waals surface area contributed by atoms with Crippen molar-refractivity contribution in [2.24, 2.45) is 0 Å². The number of nitrogens with one attached hydrogen (secondary N) is 1. The molecule has 0 saturated heterocycles. The zero-order valence-corrected chi connectivity index (χ0v) is 14.9. The Labute approximate surface area is 164 Å². The molecule has 1 aromatic heterocycles. The molecule has 0 unspecified atom stereocenters. The smallest absolute Gasteiger partial charge is 0.293 e. The van der Waals surface area contributed by atoms with Crippen LogP contribution >= 0.6 is 0 Å². The van der Waals surface area contributed by atoms with Crippen molar-refractivity contribution in [1.82, 2.24) is 14.9 Å². The van der Waals surface area contributed by atoms with Gasteiger partial charge < -0.3 is 0 Å². The molecule has 12 heteroatoms. The number of alkyl halides is 3. The highest BCUT2D eigenvalue weighted by Crippen LogP contribution is 2.55. The molecular formula is C18H11F5N4O3. The van der Waals surface area contributed by atoms with Gasteiger partial charge in [-0.05, 0) is 25.0 Å². The van der Waals surface area contributed by atoms with Gasteiger partial charge in [-0.3, -0.25) is 24.6 Å². The van der Waals surface area contributed by atoms with Crippen LogP contribution in [0.4, 0.5) is 27.9 Å². The van der Waals surface area contributed by atoms with E-state index in [2.05, 4.69) is 15.3 Å². The minimum atomic E-state index is -4.99. The fraction of sp³-hybridized carbons (Fsp3) is 0.278. The first kappa shape index (κ1) is 19.9. The van der Waals surface area contributed by atoms with Gasteiger partial charge >= 0.3 is 6.18 Å². The number of hydrogen-bond donors (Lipinski definition) is 1. The van der Waals surface area contributed by atoms with Crippen molar-refractivity contribution in [3.8, 4) is 0 Å². The topological polar surface area (TPSA) is 92.3 Å². The largest absolute Gasteiger partial charge is 0.419 e. The average molecular weight is 426 g/mol. The van der Waals surface area contributed by atoms with Gasteiger partial charge in [0, 0.05) is 11.1 Å². The summed E-state index contributed by atoms with van der Waals surface area (Å²) in [6, 6.07) is 1.24. The number of anilines is 1. The van der Waals surface area contributed by atoms with Crippen molar-refractivity contribution in [3.63, 3.8) is 0 Å². The van der Waals surface area contributed by atoms with Gasteiger partial charge in [0.25, 0.3) is 5.91 Å². The molecule has 1 fully saturated rings. The minimum absolute atomic E-state index is 0.0452. The van der Waals surface area contributed by atoms with Crippen LogP contribution in [-0.4, -0.2) is 39.1 Å². The minimum Gasteiger partial charge on any atom is -0.293 e. The molecule has 2 aliphatic rings. The molecule has 0 bridgehead atoms. The van der Waals surface area contributed by atoms with E-state index in [0.29, 0.717) is 11.0 Å². The quantitative estimate of drug-likeness (QED) is 0.601. The first-order chi connectivity index (χ1) is 14.0. The molecule has 3 amide bonds. The zero-order chi connectivity index (χ0) is 21.8. The van der Waals surface area contributed by atoms with E-state index in [4.69, 9.17) is 0 Å². The molecule has 1 saturated carbocycles. The van der Waals surface area contributed by atoms with Gasteiger partial charge in [-0.25, -0.2) is 18.7 Å². The summed E-state index contributed by atoms with van der Waals surface area (Å²) >= 11 is 0. The molecule has 1 aliphatic carbocycles. The molecule has 1 aliphatic heterocycles. The van der Waals surface area contributed by atoms with Crippen LogP contribution in [0.2, 0.25) is 0 Å². The van der Waals surface area contributed by atoms with E-state index in [1.807, 2.05) is 0 Å². The number of imide groups is 1. The summed E-state index contributed by atoms with van der Waals surface area (Å²) in [7, 11) is 0. The highest BCUT2D eigenvalue weighted by molar-refractivity contribution is 6.16. The second kappa shape index (κ2) is 6.54. The van der Waals surface area contributed by atoms with Crippen LogP contribution in [0, 0.1) is 11.6 Å². The van der Waals surface area contributed by atoms with Gasteiger partial charge in [0.05, 0.1) is 23.4 Å². The first-order valence-corrected chi connectivity index (χ1v) is 8.58. The lowest BCUT2D eigenvalue weighted by Crippen LogP contribution is -2.51. The molecule has 4 rings (SSSR count). The van der Waals surface area contributed by atoms with Crippen LogP contribution < -0.4 is 5.32 Å². The molecule has 1 N–H and O–H groups in total. The Balaban J connectivity index is 1.65. The molecular weight excluding hydrogens is 415 g/mol. The predicted molar refractivity (Wildman–Crippen MR) is 89.0 cm³/mol. The van der Waals surface area contributed by atoms with E-state index in [1.165, 1.54) is 0 Å². The lowest BCUT2D eigenvalue weighted by Gasteiger charge is -2.33. The molecule has 7 nitrogen and oxygen atoms in total. The average Bonchev–Trinajstić information content (AvgIpc) is 3.46. The standard InChI is InChI=1S/C18H11F5N4O3/c19-8-5-24-16(25-6-8)26-11(28)7-27-14(29)9-1-2-10(18(21,22)23)13(20)12(9)17(3-4-17)15(27)30/h1-2,5-6H,3-4,7H2,(H,24,25,26,28). The van der Waals surface area contributed by atoms with Crippen LogP contribution in [0.1, 0.15) is 34.3 Å². The van der Waals surface area contributed by atoms with Crippen LogP contribution in [0.5, 0.6) is 0 Å². The molecule has 30 heavy (non-hydrogen) atoms. The van der Waals surface area contributed by atoms with E-state index in [-0.39, 0.29) is 18.8 Å². The zero-order valence-electron chi connectivity index (χ0n) is 14.9. The molecule has 156 valence electrons. The third-order valence-electron chi connectivity index (χ3n) is 4.98. The van der Waals surface area contributed by atoms with Gasteiger partial charge in [-0.1, -0.05) is 0 Å². The Morgan fingerprint density at radius 1 is 1.13 bits per heavy atom. The van der Waals surface area contributed by atoms with E-state index in [1.54, 1.807) is 0 Å². The second-order valence-corrected chi connectivity index (χ2v) is 6.90. The second-order valence-electron chi connectivity index (χ2n) is 6.90. The fourth-order valence-electron chi connectivity index (χ4n) is 3.46. The van der Waals surface area contributed by atoms with Crippen molar-refractivity contribution in [2.75, 3.05) is 11.9 Å². The lowest BCUT2D eigenvalue weighted by atomic mass is 9.83. The SMILES string of the molecule is O=C(CN1C(=O)c2ccc(C(F)(F)F)c(F)c2C2(CC2)C1=O)Nc1ncc(F)cn1. The maximum atomic E-state index is 14.7. The Bertz CT molecular complexity index is 1080. The van der Waals surface area contributed by atoms with Crippen molar-refractivity contribution in [2.45, 2.75) is 24.4 Å². The number of aromatic nitrogens is 2. The number of carbonyl (C=O) groups excluding carboxylic acids is 3. The first-order valence-electron chi connectivity index (χ1n) is 8.58. The third kappa shape index (κ3) is 3.08. The highest BCUT2D eigenvalue weighted by atomic mass is 19.4. The molecule has 1 spiro atoms. The van der Waals surface area contributed by atoms with Crippen molar-refractivity contribution in [1.29, 1.82) is 0 Å². The van der Waals surface area contributed by atoms with E-state index in [9.17, 15) is 36.3 Å². The van der Waals surface area contributed by atoms with Crippen LogP contribution in [-0.2, 0) is 21.2 Å². The number of rotatable bonds is 3. The summed E-state index contributed by atoms with van der Waals surface area (Å²) in [5, 5.41) is 2.17. The van der Waals surface area contributed by atoms with Gasteiger partial charge in [0.15, 0.2) is 5.82 Å². The summed E-state index contributed by atoms with van der Waals surface area (Å²) in [6.07, 6.45) is -3.33. The molecule has 0 radical (unpaired) electrons. The Kier molecular flexibility index (Phi) is 4.33. The monoisotopic (exact) mass is 426 g/mol. The Morgan fingerprint density at radius 3 is 2.33 bits per heavy atom. The van der Waals surface area contributed by atoms with Crippen LogP contribution in [0.25, 0.3) is 0 Å². The summed E-state index contributed by atoms with van der Waals surface area (Å²) in [4.78, 5) is 45.3. The number of hydrogen-bond acceptors (Lipinski definition) is 5.